The zero-order valence-electron chi connectivity index (χ0n) is 16.5. The maximum atomic E-state index is 12.5. The first-order valence-corrected chi connectivity index (χ1v) is 10.5. The number of amides is 1. The maximum absolute atomic E-state index is 12.5. The third-order valence-corrected chi connectivity index (χ3v) is 5.84. The lowest BCUT2D eigenvalue weighted by Crippen LogP contribution is -2.23. The summed E-state index contributed by atoms with van der Waals surface area (Å²) < 4.78 is 32.3. The number of carbonyl (C=O) groups excluding carboxylic acids is 1. The van der Waals surface area contributed by atoms with Crippen LogP contribution in [0.15, 0.2) is 70.2 Å². The molecule has 1 aromatic heterocycles. The molecule has 7 nitrogen and oxygen atoms in total. The van der Waals surface area contributed by atoms with Gasteiger partial charge in [0.05, 0.1) is 17.7 Å². The average Bonchev–Trinajstić information content (AvgIpc) is 3.21. The molecule has 3 aromatic rings. The van der Waals surface area contributed by atoms with Crippen molar-refractivity contribution in [2.45, 2.75) is 18.4 Å². The summed E-state index contributed by atoms with van der Waals surface area (Å²) >= 11 is 0. The molecule has 29 heavy (non-hydrogen) atoms. The van der Waals surface area contributed by atoms with Crippen molar-refractivity contribution in [3.63, 3.8) is 0 Å². The van der Waals surface area contributed by atoms with Gasteiger partial charge in [-0.15, -0.1) is 0 Å². The molecule has 0 bridgehead atoms. The van der Waals surface area contributed by atoms with Gasteiger partial charge in [-0.3, -0.25) is 4.79 Å². The molecule has 2 aromatic carbocycles. The number of hydrogen-bond donors (Lipinski definition) is 2. The van der Waals surface area contributed by atoms with E-state index < -0.39 is 10.0 Å². The van der Waals surface area contributed by atoms with Crippen LogP contribution in [0.4, 0.5) is 11.4 Å². The van der Waals surface area contributed by atoms with Crippen LogP contribution in [-0.2, 0) is 16.6 Å². The van der Waals surface area contributed by atoms with Gasteiger partial charge in [-0.1, -0.05) is 0 Å². The van der Waals surface area contributed by atoms with Gasteiger partial charge >= 0.3 is 0 Å². The van der Waals surface area contributed by atoms with Gasteiger partial charge in [-0.2, -0.15) is 0 Å². The van der Waals surface area contributed by atoms with Gasteiger partial charge in [0.2, 0.25) is 10.0 Å². The van der Waals surface area contributed by atoms with Gasteiger partial charge in [-0.25, -0.2) is 13.1 Å². The third kappa shape index (κ3) is 5.04. The van der Waals surface area contributed by atoms with E-state index in [0.29, 0.717) is 17.0 Å². The van der Waals surface area contributed by atoms with E-state index in [1.807, 2.05) is 44.1 Å². The Labute approximate surface area is 170 Å². The second-order valence-electron chi connectivity index (χ2n) is 6.78. The lowest BCUT2D eigenvalue weighted by atomic mass is 10.1. The monoisotopic (exact) mass is 413 g/mol. The van der Waals surface area contributed by atoms with Gasteiger partial charge < -0.3 is 14.6 Å². The number of anilines is 2. The number of nitrogens with one attached hydrogen (secondary N) is 2. The zero-order chi connectivity index (χ0) is 21.0. The van der Waals surface area contributed by atoms with E-state index in [9.17, 15) is 13.2 Å². The Morgan fingerprint density at radius 1 is 1.07 bits per heavy atom. The topological polar surface area (TPSA) is 91.7 Å². The summed E-state index contributed by atoms with van der Waals surface area (Å²) in [5, 5.41) is 2.86. The summed E-state index contributed by atoms with van der Waals surface area (Å²) in [5.41, 5.74) is 3.05. The molecule has 0 aliphatic rings. The standard InChI is InChI=1S/C21H23N3O4S/c1-15-13-17(24(2)3)8-11-20(15)23-21(25)16-6-9-19(10-7-16)29(26,27)22-14-18-5-4-12-28-18/h4-13,22H,14H2,1-3H3,(H,23,25). The molecule has 1 heterocycles. The molecule has 0 aliphatic heterocycles. The molecular weight excluding hydrogens is 390 g/mol. The Morgan fingerprint density at radius 3 is 2.38 bits per heavy atom. The second kappa shape index (κ2) is 8.50. The number of sulfonamides is 1. The van der Waals surface area contributed by atoms with Crippen LogP contribution in [0, 0.1) is 6.92 Å². The van der Waals surface area contributed by atoms with Crippen LogP contribution in [-0.4, -0.2) is 28.4 Å². The van der Waals surface area contributed by atoms with Gasteiger partial charge in [0.25, 0.3) is 5.91 Å². The highest BCUT2D eigenvalue weighted by Crippen LogP contribution is 2.22. The van der Waals surface area contributed by atoms with Gasteiger partial charge in [0.15, 0.2) is 0 Å². The molecule has 8 heteroatoms. The van der Waals surface area contributed by atoms with E-state index in [-0.39, 0.29) is 17.3 Å². The Bertz CT molecular complexity index is 1090. The first-order chi connectivity index (χ1) is 13.8. The highest BCUT2D eigenvalue weighted by atomic mass is 32.2. The normalized spacial score (nSPS) is 11.3. The molecule has 0 saturated heterocycles. The average molecular weight is 413 g/mol. The molecule has 0 atom stereocenters. The van der Waals surface area contributed by atoms with Crippen molar-refractivity contribution in [3.05, 3.63) is 77.7 Å². The predicted molar refractivity (Wildman–Crippen MR) is 113 cm³/mol. The van der Waals surface area contributed by atoms with E-state index in [4.69, 9.17) is 4.42 Å². The number of furan rings is 1. The smallest absolute Gasteiger partial charge is 0.255 e. The van der Waals surface area contributed by atoms with Crippen molar-refractivity contribution in [2.75, 3.05) is 24.3 Å². The van der Waals surface area contributed by atoms with Crippen molar-refractivity contribution in [2.24, 2.45) is 0 Å². The summed E-state index contributed by atoms with van der Waals surface area (Å²) in [7, 11) is 0.197. The van der Waals surface area contributed by atoms with Crippen molar-refractivity contribution in [1.29, 1.82) is 0 Å². The fourth-order valence-corrected chi connectivity index (χ4v) is 3.70. The fourth-order valence-electron chi connectivity index (χ4n) is 2.71. The molecule has 0 aliphatic carbocycles. The summed E-state index contributed by atoms with van der Waals surface area (Å²) in [5.74, 6) is 0.207. The largest absolute Gasteiger partial charge is 0.468 e. The van der Waals surface area contributed by atoms with E-state index in [0.717, 1.165) is 11.3 Å². The quantitative estimate of drug-likeness (QED) is 0.620. The van der Waals surface area contributed by atoms with E-state index in [1.165, 1.54) is 30.5 Å². The summed E-state index contributed by atoms with van der Waals surface area (Å²) in [6.45, 7) is 1.97. The van der Waals surface area contributed by atoms with Gasteiger partial charge in [-0.05, 0) is 67.1 Å². The minimum atomic E-state index is -3.70. The molecule has 152 valence electrons. The number of carbonyl (C=O) groups is 1. The molecule has 0 unspecified atom stereocenters. The van der Waals surface area contributed by atoms with E-state index in [2.05, 4.69) is 10.0 Å². The number of aryl methyl sites for hydroxylation is 1. The molecule has 0 spiro atoms. The summed E-state index contributed by atoms with van der Waals surface area (Å²) in [6.07, 6.45) is 1.48. The number of rotatable bonds is 7. The molecule has 1 amide bonds. The highest BCUT2D eigenvalue weighted by molar-refractivity contribution is 7.89. The van der Waals surface area contributed by atoms with Crippen molar-refractivity contribution >= 4 is 27.3 Å². The number of hydrogen-bond acceptors (Lipinski definition) is 5. The van der Waals surface area contributed by atoms with Crippen molar-refractivity contribution in [3.8, 4) is 0 Å². The van der Waals surface area contributed by atoms with Crippen LogP contribution in [0.5, 0.6) is 0 Å². The van der Waals surface area contributed by atoms with Crippen LogP contribution in [0.25, 0.3) is 0 Å². The van der Waals surface area contributed by atoms with Crippen molar-refractivity contribution in [1.82, 2.24) is 4.72 Å². The Morgan fingerprint density at radius 2 is 1.79 bits per heavy atom. The van der Waals surface area contributed by atoms with Crippen LogP contribution >= 0.6 is 0 Å². The SMILES string of the molecule is Cc1cc(N(C)C)ccc1NC(=O)c1ccc(S(=O)(=O)NCc2ccco2)cc1. The lowest BCUT2D eigenvalue weighted by molar-refractivity contribution is 0.102. The molecule has 2 N–H and O–H groups in total. The lowest BCUT2D eigenvalue weighted by Gasteiger charge is -2.15. The minimum Gasteiger partial charge on any atom is -0.468 e. The third-order valence-electron chi connectivity index (χ3n) is 4.42. The van der Waals surface area contributed by atoms with Gasteiger partial charge in [0.1, 0.15) is 5.76 Å². The Kier molecular flexibility index (Phi) is 6.05. The van der Waals surface area contributed by atoms with Crippen LogP contribution in [0.2, 0.25) is 0 Å². The molecule has 3 rings (SSSR count). The maximum Gasteiger partial charge on any atom is 0.255 e. The first-order valence-electron chi connectivity index (χ1n) is 8.98. The molecule has 0 fully saturated rings. The highest BCUT2D eigenvalue weighted by Gasteiger charge is 2.16. The fraction of sp³-hybridized carbons (Fsp3) is 0.190. The first kappa shape index (κ1) is 20.6. The minimum absolute atomic E-state index is 0.0553. The summed E-state index contributed by atoms with van der Waals surface area (Å²) in [4.78, 5) is 14.6. The Hall–Kier alpha value is -3.10. The molecule has 0 radical (unpaired) electrons. The second-order valence-corrected chi connectivity index (χ2v) is 8.54. The molecular formula is C21H23N3O4S. The van der Waals surface area contributed by atoms with E-state index >= 15 is 0 Å². The van der Waals surface area contributed by atoms with Gasteiger partial charge in [0, 0.05) is 31.0 Å². The summed E-state index contributed by atoms with van der Waals surface area (Å²) in [6, 6.07) is 14.9. The Balaban J connectivity index is 1.68. The van der Waals surface area contributed by atoms with Crippen LogP contribution in [0.1, 0.15) is 21.7 Å². The van der Waals surface area contributed by atoms with Crippen LogP contribution in [0.3, 0.4) is 0 Å². The predicted octanol–water partition coefficient (Wildman–Crippen LogP) is 3.38. The van der Waals surface area contributed by atoms with Crippen LogP contribution < -0.4 is 14.9 Å². The van der Waals surface area contributed by atoms with Crippen molar-refractivity contribution < 1.29 is 17.6 Å². The number of benzene rings is 2. The zero-order valence-corrected chi connectivity index (χ0v) is 17.3. The molecule has 0 saturated carbocycles. The number of nitrogens with zero attached hydrogens (tertiary/aromatic N) is 1. The van der Waals surface area contributed by atoms with E-state index in [1.54, 1.807) is 12.1 Å².